The van der Waals surface area contributed by atoms with Crippen LogP contribution in [-0.2, 0) is 11.2 Å². The molecule has 0 aliphatic rings. The summed E-state index contributed by atoms with van der Waals surface area (Å²) in [7, 11) is 0. The summed E-state index contributed by atoms with van der Waals surface area (Å²) in [4.78, 5) is 11.8. The second-order valence-corrected chi connectivity index (χ2v) is 7.38. The van der Waals surface area contributed by atoms with Crippen LogP contribution in [0.2, 0.25) is 0 Å². The molecule has 0 saturated carbocycles. The highest BCUT2D eigenvalue weighted by atomic mass is 127. The van der Waals surface area contributed by atoms with E-state index in [1.807, 2.05) is 49.4 Å². The van der Waals surface area contributed by atoms with Gasteiger partial charge >= 0.3 is 0 Å². The zero-order valence-corrected chi connectivity index (χ0v) is 15.9. The van der Waals surface area contributed by atoms with E-state index in [0.29, 0.717) is 5.75 Å². The number of amides is 1. The lowest BCUT2D eigenvalue weighted by Gasteiger charge is -2.04. The van der Waals surface area contributed by atoms with Crippen LogP contribution in [0.1, 0.15) is 18.1 Å². The molecule has 1 amide bonds. The predicted octanol–water partition coefficient (Wildman–Crippen LogP) is 4.11. The maximum Gasteiger partial charge on any atom is 0.250 e. The highest BCUT2D eigenvalue weighted by molar-refractivity contribution is 14.1. The van der Waals surface area contributed by atoms with Crippen molar-refractivity contribution in [2.75, 3.05) is 11.5 Å². The van der Waals surface area contributed by atoms with Crippen LogP contribution in [0.4, 0.5) is 0 Å². The first-order chi connectivity index (χ1) is 11.1. The number of rotatable bonds is 7. The minimum absolute atomic E-state index is 0.0621. The van der Waals surface area contributed by atoms with Crippen molar-refractivity contribution in [2.24, 2.45) is 5.10 Å². The second kappa shape index (κ2) is 9.72. The summed E-state index contributed by atoms with van der Waals surface area (Å²) in [6.45, 7) is 1.89. The van der Waals surface area contributed by atoms with Crippen molar-refractivity contribution in [3.8, 4) is 0 Å². The Bertz CT molecular complexity index is 656. The van der Waals surface area contributed by atoms with E-state index in [1.54, 1.807) is 11.8 Å². The van der Waals surface area contributed by atoms with E-state index in [4.69, 9.17) is 0 Å². The molecule has 2 aromatic carbocycles. The lowest BCUT2D eigenvalue weighted by atomic mass is 10.1. The van der Waals surface area contributed by atoms with Gasteiger partial charge in [0.1, 0.15) is 0 Å². The van der Waals surface area contributed by atoms with Gasteiger partial charge in [0, 0.05) is 3.57 Å². The first-order valence-electron chi connectivity index (χ1n) is 7.36. The molecular formula is C18H19IN2OS. The third-order valence-corrected chi connectivity index (χ3v) is 4.90. The third kappa shape index (κ3) is 6.74. The van der Waals surface area contributed by atoms with Crippen molar-refractivity contribution < 1.29 is 4.79 Å². The number of aryl methyl sites for hydroxylation is 1. The van der Waals surface area contributed by atoms with Gasteiger partial charge in [-0.3, -0.25) is 4.79 Å². The maximum absolute atomic E-state index is 11.8. The van der Waals surface area contributed by atoms with Crippen molar-refractivity contribution in [2.45, 2.75) is 13.3 Å². The van der Waals surface area contributed by atoms with Crippen LogP contribution < -0.4 is 5.43 Å². The molecule has 0 unspecified atom stereocenters. The first kappa shape index (κ1) is 18.0. The van der Waals surface area contributed by atoms with E-state index in [1.165, 1.54) is 9.13 Å². The molecule has 0 fully saturated rings. The molecule has 0 atom stereocenters. The molecule has 120 valence electrons. The molecule has 0 heterocycles. The molecular weight excluding hydrogens is 419 g/mol. The predicted molar refractivity (Wildman–Crippen MR) is 107 cm³/mol. The van der Waals surface area contributed by atoms with Crippen LogP contribution in [0.25, 0.3) is 0 Å². The normalized spacial score (nSPS) is 11.3. The van der Waals surface area contributed by atoms with Crippen LogP contribution in [0.3, 0.4) is 0 Å². The van der Waals surface area contributed by atoms with Gasteiger partial charge in [-0.05, 0) is 64.9 Å². The lowest BCUT2D eigenvalue weighted by Crippen LogP contribution is -2.21. The maximum atomic E-state index is 11.8. The minimum Gasteiger partial charge on any atom is -0.272 e. The zero-order chi connectivity index (χ0) is 16.5. The number of hydrazone groups is 1. The lowest BCUT2D eigenvalue weighted by molar-refractivity contribution is -0.118. The summed E-state index contributed by atoms with van der Waals surface area (Å²) in [6.07, 6.45) is 0.976. The number of thioether (sulfide) groups is 1. The molecule has 0 aromatic heterocycles. The molecule has 0 aliphatic heterocycles. The molecule has 5 heteroatoms. The fourth-order valence-electron chi connectivity index (χ4n) is 1.93. The van der Waals surface area contributed by atoms with E-state index < -0.39 is 0 Å². The Kier molecular flexibility index (Phi) is 7.61. The Balaban J connectivity index is 1.70. The van der Waals surface area contributed by atoms with Gasteiger partial charge in [-0.2, -0.15) is 16.9 Å². The topological polar surface area (TPSA) is 41.5 Å². The molecule has 2 aromatic rings. The van der Waals surface area contributed by atoms with Gasteiger partial charge in [-0.25, -0.2) is 5.43 Å². The van der Waals surface area contributed by atoms with Gasteiger partial charge in [-0.1, -0.05) is 42.5 Å². The van der Waals surface area contributed by atoms with Crippen LogP contribution in [0, 0.1) is 3.57 Å². The number of halogens is 1. The van der Waals surface area contributed by atoms with E-state index in [9.17, 15) is 4.79 Å². The van der Waals surface area contributed by atoms with Gasteiger partial charge in [0.05, 0.1) is 11.5 Å². The van der Waals surface area contributed by atoms with E-state index >= 15 is 0 Å². The summed E-state index contributed by atoms with van der Waals surface area (Å²) in [6, 6.07) is 18.3. The molecule has 3 nitrogen and oxygen atoms in total. The van der Waals surface area contributed by atoms with Gasteiger partial charge in [0.15, 0.2) is 0 Å². The minimum atomic E-state index is -0.0621. The van der Waals surface area contributed by atoms with Gasteiger partial charge < -0.3 is 0 Å². The number of hydrogen-bond acceptors (Lipinski definition) is 3. The summed E-state index contributed by atoms with van der Waals surface area (Å²) >= 11 is 3.89. The average Bonchev–Trinajstić information content (AvgIpc) is 2.58. The molecule has 0 saturated heterocycles. The van der Waals surface area contributed by atoms with Crippen LogP contribution >= 0.6 is 34.4 Å². The Morgan fingerprint density at radius 2 is 1.83 bits per heavy atom. The summed E-state index contributed by atoms with van der Waals surface area (Å²) in [5.74, 6) is 1.29. The molecule has 1 N–H and O–H groups in total. The van der Waals surface area contributed by atoms with Crippen molar-refractivity contribution >= 4 is 46.0 Å². The number of carbonyl (C=O) groups is 1. The Morgan fingerprint density at radius 1 is 1.13 bits per heavy atom. The first-order valence-corrected chi connectivity index (χ1v) is 9.59. The van der Waals surface area contributed by atoms with Crippen LogP contribution in [0.15, 0.2) is 59.7 Å². The largest absolute Gasteiger partial charge is 0.272 e. The number of carbonyl (C=O) groups excluding carboxylic acids is 1. The van der Waals surface area contributed by atoms with Gasteiger partial charge in [0.2, 0.25) is 5.91 Å². The molecule has 0 spiro atoms. The monoisotopic (exact) mass is 438 g/mol. The van der Waals surface area contributed by atoms with Crippen molar-refractivity contribution in [3.05, 3.63) is 69.3 Å². The fourth-order valence-corrected chi connectivity index (χ4v) is 3.07. The summed E-state index contributed by atoms with van der Waals surface area (Å²) in [5.41, 5.74) is 5.75. The average molecular weight is 438 g/mol. The Labute approximate surface area is 155 Å². The second-order valence-electron chi connectivity index (χ2n) is 5.03. The number of nitrogens with one attached hydrogen (secondary N) is 1. The molecule has 0 radical (unpaired) electrons. The quantitative estimate of drug-likeness (QED) is 0.306. The van der Waals surface area contributed by atoms with Crippen LogP contribution in [0.5, 0.6) is 0 Å². The van der Waals surface area contributed by atoms with Crippen molar-refractivity contribution in [1.29, 1.82) is 0 Å². The zero-order valence-electron chi connectivity index (χ0n) is 13.0. The van der Waals surface area contributed by atoms with E-state index in [2.05, 4.69) is 45.3 Å². The molecule has 0 bridgehead atoms. The van der Waals surface area contributed by atoms with E-state index in [0.717, 1.165) is 23.4 Å². The number of benzene rings is 2. The summed E-state index contributed by atoms with van der Waals surface area (Å²) < 4.78 is 1.18. The SMILES string of the molecule is C/C(=N/NC(=O)CSCCc1ccccc1)c1ccc(I)cc1. The van der Waals surface area contributed by atoms with Gasteiger partial charge in [-0.15, -0.1) is 0 Å². The smallest absolute Gasteiger partial charge is 0.250 e. The summed E-state index contributed by atoms with van der Waals surface area (Å²) in [5, 5.41) is 4.16. The molecule has 0 aliphatic carbocycles. The standard InChI is InChI=1S/C18H19IN2OS/c1-14(16-7-9-17(19)10-8-16)20-21-18(22)13-23-12-11-15-5-3-2-4-6-15/h2-10H,11-13H2,1H3,(H,21,22)/b20-14-. The molecule has 23 heavy (non-hydrogen) atoms. The fraction of sp³-hybridized carbons (Fsp3) is 0.222. The van der Waals surface area contributed by atoms with Gasteiger partial charge in [0.25, 0.3) is 0 Å². The Hall–Kier alpha value is -1.34. The number of nitrogens with zero attached hydrogens (tertiary/aromatic N) is 1. The highest BCUT2D eigenvalue weighted by Gasteiger charge is 2.02. The van der Waals surface area contributed by atoms with Crippen LogP contribution in [-0.4, -0.2) is 23.1 Å². The van der Waals surface area contributed by atoms with Crippen molar-refractivity contribution in [1.82, 2.24) is 5.43 Å². The van der Waals surface area contributed by atoms with E-state index in [-0.39, 0.29) is 5.91 Å². The number of hydrogen-bond donors (Lipinski definition) is 1. The Morgan fingerprint density at radius 3 is 2.52 bits per heavy atom. The molecule has 2 rings (SSSR count). The third-order valence-electron chi connectivity index (χ3n) is 3.22. The highest BCUT2D eigenvalue weighted by Crippen LogP contribution is 2.08. The van der Waals surface area contributed by atoms with Crippen molar-refractivity contribution in [3.63, 3.8) is 0 Å².